The van der Waals surface area contributed by atoms with Gasteiger partial charge in [-0.2, -0.15) is 4.98 Å². The topological polar surface area (TPSA) is 91.8 Å². The van der Waals surface area contributed by atoms with Gasteiger partial charge < -0.3 is 29.6 Å². The highest BCUT2D eigenvalue weighted by Crippen LogP contribution is 2.43. The molecular formula is C37H46BrN6O3P. The molecule has 2 aliphatic heterocycles. The summed E-state index contributed by atoms with van der Waals surface area (Å²) in [5, 5.41) is 7.69. The second kappa shape index (κ2) is 15.0. The lowest BCUT2D eigenvalue weighted by Crippen LogP contribution is -2.49. The lowest BCUT2D eigenvalue weighted by Gasteiger charge is -2.41. The SMILES string of the molecule is CCc1cc(Nc2ncc(Br)c(Nc3ccc(-c4ccccc4)c(C)c3P(C)(C)=O)n2)c(OC)cc1N1CCC(N2CCOCC2)CC1. The number of halogens is 1. The van der Waals surface area contributed by atoms with Crippen molar-refractivity contribution in [1.82, 2.24) is 14.9 Å². The van der Waals surface area contributed by atoms with Crippen molar-refractivity contribution in [2.24, 2.45) is 0 Å². The number of rotatable bonds is 10. The molecule has 0 bridgehead atoms. The van der Waals surface area contributed by atoms with Crippen LogP contribution in [0.3, 0.4) is 0 Å². The molecule has 1 aromatic heterocycles. The minimum Gasteiger partial charge on any atom is -0.494 e. The molecule has 2 saturated heterocycles. The molecule has 0 atom stereocenters. The highest BCUT2D eigenvalue weighted by Gasteiger charge is 2.28. The van der Waals surface area contributed by atoms with Gasteiger partial charge in [-0.1, -0.05) is 43.3 Å². The second-order valence-corrected chi connectivity index (χ2v) is 16.9. The summed E-state index contributed by atoms with van der Waals surface area (Å²) < 4.78 is 25.8. The normalized spacial score (nSPS) is 16.2. The number of hydrogen-bond acceptors (Lipinski definition) is 9. The lowest BCUT2D eigenvalue weighted by molar-refractivity contribution is 0.0115. The first kappa shape index (κ1) is 34.4. The third kappa shape index (κ3) is 7.57. The van der Waals surface area contributed by atoms with Crippen LogP contribution >= 0.6 is 23.1 Å². The van der Waals surface area contributed by atoms with Crippen LogP contribution in [0.5, 0.6) is 5.75 Å². The summed E-state index contributed by atoms with van der Waals surface area (Å²) in [6.07, 6.45) is 4.91. The summed E-state index contributed by atoms with van der Waals surface area (Å²) in [7, 11) is -0.971. The van der Waals surface area contributed by atoms with Crippen molar-refractivity contribution in [3.8, 4) is 16.9 Å². The number of hydrogen-bond donors (Lipinski definition) is 2. The van der Waals surface area contributed by atoms with E-state index in [1.54, 1.807) is 13.3 Å². The minimum atomic E-state index is -2.67. The van der Waals surface area contributed by atoms with E-state index in [1.165, 1.54) is 11.3 Å². The van der Waals surface area contributed by atoms with Gasteiger partial charge in [-0.25, -0.2) is 4.98 Å². The molecule has 0 radical (unpaired) electrons. The van der Waals surface area contributed by atoms with Crippen molar-refractivity contribution in [3.63, 3.8) is 0 Å². The van der Waals surface area contributed by atoms with Crippen LogP contribution in [0.2, 0.25) is 0 Å². The number of piperidine rings is 1. The van der Waals surface area contributed by atoms with Crippen molar-refractivity contribution in [2.75, 3.05) is 75.4 Å². The fourth-order valence-corrected chi connectivity index (χ4v) is 8.99. The van der Waals surface area contributed by atoms with E-state index in [2.05, 4.69) is 78.6 Å². The molecule has 48 heavy (non-hydrogen) atoms. The zero-order valence-electron chi connectivity index (χ0n) is 28.6. The van der Waals surface area contributed by atoms with E-state index in [4.69, 9.17) is 14.5 Å². The maximum atomic E-state index is 13.7. The van der Waals surface area contributed by atoms with Gasteiger partial charge in [-0.3, -0.25) is 4.90 Å². The van der Waals surface area contributed by atoms with Gasteiger partial charge in [0.1, 0.15) is 18.7 Å². The Labute approximate surface area is 293 Å². The highest BCUT2D eigenvalue weighted by atomic mass is 79.9. The first-order valence-electron chi connectivity index (χ1n) is 16.7. The Balaban J connectivity index is 1.24. The van der Waals surface area contributed by atoms with E-state index in [9.17, 15) is 4.57 Å². The Kier molecular flexibility index (Phi) is 10.8. The van der Waals surface area contributed by atoms with Crippen LogP contribution in [-0.4, -0.2) is 80.7 Å². The molecule has 2 N–H and O–H groups in total. The molecule has 0 unspecified atom stereocenters. The molecule has 3 heterocycles. The number of methoxy groups -OCH3 is 1. The average molecular weight is 734 g/mol. The zero-order chi connectivity index (χ0) is 33.8. The molecule has 2 fully saturated rings. The Morgan fingerprint density at radius 2 is 1.73 bits per heavy atom. The summed E-state index contributed by atoms with van der Waals surface area (Å²) in [6.45, 7) is 13.6. The van der Waals surface area contributed by atoms with Crippen LogP contribution < -0.4 is 25.6 Å². The molecule has 6 rings (SSSR count). The van der Waals surface area contributed by atoms with Crippen molar-refractivity contribution in [2.45, 2.75) is 39.2 Å². The largest absolute Gasteiger partial charge is 0.494 e. The maximum absolute atomic E-state index is 13.7. The number of aryl methyl sites for hydroxylation is 1. The van der Waals surface area contributed by atoms with E-state index < -0.39 is 7.14 Å². The number of benzene rings is 3. The van der Waals surface area contributed by atoms with Crippen LogP contribution in [0.1, 0.15) is 30.9 Å². The molecule has 0 saturated carbocycles. The van der Waals surface area contributed by atoms with Gasteiger partial charge in [-0.05, 0) is 89.8 Å². The van der Waals surface area contributed by atoms with Gasteiger partial charge in [0.15, 0.2) is 0 Å². The minimum absolute atomic E-state index is 0.426. The van der Waals surface area contributed by atoms with Gasteiger partial charge in [0.25, 0.3) is 0 Å². The molecule has 9 nitrogen and oxygen atoms in total. The van der Waals surface area contributed by atoms with Crippen LogP contribution in [0.25, 0.3) is 11.1 Å². The predicted octanol–water partition coefficient (Wildman–Crippen LogP) is 7.82. The van der Waals surface area contributed by atoms with Crippen molar-refractivity contribution in [1.29, 1.82) is 0 Å². The van der Waals surface area contributed by atoms with E-state index in [0.29, 0.717) is 22.3 Å². The predicted molar refractivity (Wildman–Crippen MR) is 202 cm³/mol. The standard InChI is InChI=1S/C37H46BrN6O3P/c1-6-26-22-32(34(46-3)23-33(26)44-16-14-28(15-17-44)43-18-20-47-21-19-43)41-37-39-24-30(38)36(42-37)40-31-13-12-29(27-10-8-7-9-11-27)25(2)35(31)48(4,5)45/h7-13,22-24,28H,6,14-21H2,1-5H3,(H2,39,40,41,42). The molecule has 254 valence electrons. The summed E-state index contributed by atoms with van der Waals surface area (Å²) in [6, 6.07) is 19.2. The Bertz CT molecular complexity index is 1790. The zero-order valence-corrected chi connectivity index (χ0v) is 31.0. The van der Waals surface area contributed by atoms with Crippen molar-refractivity contribution in [3.05, 3.63) is 76.4 Å². The van der Waals surface area contributed by atoms with E-state index in [1.807, 2.05) is 44.5 Å². The molecule has 0 spiro atoms. The third-order valence-electron chi connectivity index (χ3n) is 9.45. The summed E-state index contributed by atoms with van der Waals surface area (Å²) in [5.74, 6) is 1.74. The molecule has 4 aromatic rings. The second-order valence-electron chi connectivity index (χ2n) is 12.9. The molecule has 11 heteroatoms. The van der Waals surface area contributed by atoms with Gasteiger partial charge in [0.2, 0.25) is 5.95 Å². The van der Waals surface area contributed by atoms with Crippen LogP contribution in [0.15, 0.2) is 65.3 Å². The number of ether oxygens (including phenoxy) is 2. The smallest absolute Gasteiger partial charge is 0.229 e. The van der Waals surface area contributed by atoms with Crippen LogP contribution in [-0.2, 0) is 15.7 Å². The number of morpholine rings is 1. The molecule has 2 aliphatic rings. The molecule has 0 aliphatic carbocycles. The monoisotopic (exact) mass is 732 g/mol. The first-order chi connectivity index (χ1) is 23.2. The van der Waals surface area contributed by atoms with E-state index in [0.717, 1.165) is 97.8 Å². The highest BCUT2D eigenvalue weighted by molar-refractivity contribution is 9.10. The van der Waals surface area contributed by atoms with Crippen molar-refractivity contribution >= 4 is 57.2 Å². The van der Waals surface area contributed by atoms with Gasteiger partial charge in [-0.15, -0.1) is 0 Å². The number of nitrogens with zero attached hydrogens (tertiary/aromatic N) is 4. The first-order valence-corrected chi connectivity index (χ1v) is 20.1. The molecule has 0 amide bonds. The summed E-state index contributed by atoms with van der Waals surface area (Å²) in [5.41, 5.74) is 7.19. The van der Waals surface area contributed by atoms with Crippen molar-refractivity contribution < 1.29 is 14.0 Å². The number of nitrogens with one attached hydrogen (secondary N) is 2. The van der Waals surface area contributed by atoms with Gasteiger partial charge in [0, 0.05) is 55.5 Å². The van der Waals surface area contributed by atoms with Crippen LogP contribution in [0.4, 0.5) is 28.8 Å². The van der Waals surface area contributed by atoms with E-state index in [-0.39, 0.29) is 0 Å². The maximum Gasteiger partial charge on any atom is 0.229 e. The Morgan fingerprint density at radius 1 is 1.00 bits per heavy atom. The van der Waals surface area contributed by atoms with Gasteiger partial charge in [0.05, 0.1) is 36.2 Å². The fourth-order valence-electron chi connectivity index (χ4n) is 7.06. The summed E-state index contributed by atoms with van der Waals surface area (Å²) >= 11 is 3.63. The number of anilines is 5. The third-order valence-corrected chi connectivity index (χ3v) is 11.7. The lowest BCUT2D eigenvalue weighted by atomic mass is 10.00. The Morgan fingerprint density at radius 3 is 2.40 bits per heavy atom. The van der Waals surface area contributed by atoms with Gasteiger partial charge >= 0.3 is 0 Å². The molecular weight excluding hydrogens is 687 g/mol. The fraction of sp³-hybridized carbons (Fsp3) is 0.405. The Hall–Kier alpha value is -3.43. The summed E-state index contributed by atoms with van der Waals surface area (Å²) in [4.78, 5) is 14.5. The van der Waals surface area contributed by atoms with Crippen LogP contribution in [0, 0.1) is 6.92 Å². The quantitative estimate of drug-likeness (QED) is 0.158. The number of aromatic nitrogens is 2. The average Bonchev–Trinajstić information content (AvgIpc) is 3.10. The molecule has 3 aromatic carbocycles. The van der Waals surface area contributed by atoms with E-state index >= 15 is 0 Å².